The molecular formula is C12H15N3. The van der Waals surface area contributed by atoms with E-state index in [1.165, 1.54) is 18.4 Å². The molecule has 1 aromatic rings. The Hall–Kier alpha value is -1.56. The lowest BCUT2D eigenvalue weighted by atomic mass is 10.2. The first-order valence-electron chi connectivity index (χ1n) is 5.38. The standard InChI is InChI=1S/C12H15N3/c1-10-4-2-8-14-12(10)15(9-3-7-13)11-5-6-11/h2,4,8,11H,3,5-6,9H2,1H3. The van der Waals surface area contributed by atoms with E-state index in [9.17, 15) is 0 Å². The predicted molar refractivity (Wildman–Crippen MR) is 59.6 cm³/mol. The van der Waals surface area contributed by atoms with Crippen molar-refractivity contribution in [2.75, 3.05) is 11.4 Å². The molecule has 0 N–H and O–H groups in total. The topological polar surface area (TPSA) is 39.9 Å². The Morgan fingerprint density at radius 1 is 1.60 bits per heavy atom. The zero-order valence-electron chi connectivity index (χ0n) is 8.98. The SMILES string of the molecule is Cc1cccnc1N(CCC#N)C1CC1. The number of aryl methyl sites for hydroxylation is 1. The Balaban J connectivity index is 2.17. The summed E-state index contributed by atoms with van der Waals surface area (Å²) in [5.41, 5.74) is 1.20. The molecule has 1 aromatic heterocycles. The predicted octanol–water partition coefficient (Wildman–Crippen LogP) is 2.27. The van der Waals surface area contributed by atoms with Crippen molar-refractivity contribution in [1.82, 2.24) is 4.98 Å². The smallest absolute Gasteiger partial charge is 0.131 e. The van der Waals surface area contributed by atoms with E-state index in [1.54, 1.807) is 0 Å². The third-order valence-electron chi connectivity index (χ3n) is 2.71. The van der Waals surface area contributed by atoms with E-state index < -0.39 is 0 Å². The van der Waals surface area contributed by atoms with Gasteiger partial charge in [0.25, 0.3) is 0 Å². The molecule has 3 heteroatoms. The second-order valence-electron chi connectivity index (χ2n) is 3.98. The van der Waals surface area contributed by atoms with Crippen LogP contribution in [0.4, 0.5) is 5.82 Å². The van der Waals surface area contributed by atoms with Gasteiger partial charge in [0.1, 0.15) is 5.82 Å². The van der Waals surface area contributed by atoms with E-state index in [-0.39, 0.29) is 0 Å². The summed E-state index contributed by atoms with van der Waals surface area (Å²) in [6.07, 6.45) is 4.87. The molecule has 1 aliphatic rings. The van der Waals surface area contributed by atoms with Crippen LogP contribution >= 0.6 is 0 Å². The molecule has 0 spiro atoms. The summed E-state index contributed by atoms with van der Waals surface area (Å²) in [5, 5.41) is 8.64. The highest BCUT2D eigenvalue weighted by Gasteiger charge is 2.30. The van der Waals surface area contributed by atoms with Gasteiger partial charge < -0.3 is 4.90 Å². The van der Waals surface area contributed by atoms with Gasteiger partial charge in [-0.1, -0.05) is 6.07 Å². The van der Waals surface area contributed by atoms with Gasteiger partial charge in [0.2, 0.25) is 0 Å². The molecule has 0 amide bonds. The van der Waals surface area contributed by atoms with Gasteiger partial charge in [0.15, 0.2) is 0 Å². The first kappa shape index (κ1) is 9.97. The number of rotatable bonds is 4. The van der Waals surface area contributed by atoms with Gasteiger partial charge in [-0.15, -0.1) is 0 Å². The summed E-state index contributed by atoms with van der Waals surface area (Å²) in [5.74, 6) is 1.05. The zero-order chi connectivity index (χ0) is 10.7. The molecule has 78 valence electrons. The van der Waals surface area contributed by atoms with Crippen LogP contribution in [0.5, 0.6) is 0 Å². The highest BCUT2D eigenvalue weighted by atomic mass is 15.2. The Kier molecular flexibility index (Phi) is 2.86. The van der Waals surface area contributed by atoms with Crippen LogP contribution in [-0.2, 0) is 0 Å². The molecule has 0 aromatic carbocycles. The molecule has 0 unspecified atom stereocenters. The monoisotopic (exact) mass is 201 g/mol. The molecule has 0 aliphatic heterocycles. The number of nitriles is 1. The van der Waals surface area contributed by atoms with Crippen LogP contribution in [0.3, 0.4) is 0 Å². The van der Waals surface area contributed by atoms with Gasteiger partial charge in [0.05, 0.1) is 12.5 Å². The fourth-order valence-electron chi connectivity index (χ4n) is 1.80. The van der Waals surface area contributed by atoms with Gasteiger partial charge in [-0.2, -0.15) is 5.26 Å². The lowest BCUT2D eigenvalue weighted by Crippen LogP contribution is -2.28. The molecule has 15 heavy (non-hydrogen) atoms. The van der Waals surface area contributed by atoms with E-state index in [2.05, 4.69) is 28.9 Å². The minimum absolute atomic E-state index is 0.576. The van der Waals surface area contributed by atoms with Crippen LogP contribution < -0.4 is 4.90 Å². The van der Waals surface area contributed by atoms with Crippen LogP contribution in [0, 0.1) is 18.3 Å². The Morgan fingerprint density at radius 2 is 2.40 bits per heavy atom. The minimum atomic E-state index is 0.576. The van der Waals surface area contributed by atoms with Gasteiger partial charge in [-0.05, 0) is 31.4 Å². The number of anilines is 1. The van der Waals surface area contributed by atoms with E-state index in [1.807, 2.05) is 12.3 Å². The largest absolute Gasteiger partial charge is 0.352 e. The fraction of sp³-hybridized carbons (Fsp3) is 0.500. The first-order valence-corrected chi connectivity index (χ1v) is 5.38. The average Bonchev–Trinajstić information content (AvgIpc) is 3.05. The maximum Gasteiger partial charge on any atom is 0.131 e. The summed E-state index contributed by atoms with van der Waals surface area (Å²) in [6, 6.07) is 6.84. The van der Waals surface area contributed by atoms with Crippen molar-refractivity contribution in [3.8, 4) is 6.07 Å². The lowest BCUT2D eigenvalue weighted by Gasteiger charge is -2.23. The summed E-state index contributed by atoms with van der Waals surface area (Å²) < 4.78 is 0. The second-order valence-corrected chi connectivity index (χ2v) is 3.98. The summed E-state index contributed by atoms with van der Waals surface area (Å²) >= 11 is 0. The zero-order valence-corrected chi connectivity index (χ0v) is 8.98. The van der Waals surface area contributed by atoms with E-state index >= 15 is 0 Å². The van der Waals surface area contributed by atoms with Gasteiger partial charge >= 0.3 is 0 Å². The minimum Gasteiger partial charge on any atom is -0.352 e. The number of pyridine rings is 1. The quantitative estimate of drug-likeness (QED) is 0.750. The van der Waals surface area contributed by atoms with Crippen molar-refractivity contribution < 1.29 is 0 Å². The Labute approximate surface area is 90.4 Å². The van der Waals surface area contributed by atoms with Gasteiger partial charge in [0, 0.05) is 18.8 Å². The van der Waals surface area contributed by atoms with Crippen molar-refractivity contribution in [3.05, 3.63) is 23.9 Å². The highest BCUT2D eigenvalue weighted by Crippen LogP contribution is 2.31. The number of nitrogens with zero attached hydrogens (tertiary/aromatic N) is 3. The lowest BCUT2D eigenvalue weighted by molar-refractivity contribution is 0.774. The van der Waals surface area contributed by atoms with Gasteiger partial charge in [-0.25, -0.2) is 4.98 Å². The molecule has 0 radical (unpaired) electrons. The van der Waals surface area contributed by atoms with Crippen LogP contribution in [0.25, 0.3) is 0 Å². The molecule has 0 atom stereocenters. The van der Waals surface area contributed by atoms with Crippen molar-refractivity contribution >= 4 is 5.82 Å². The van der Waals surface area contributed by atoms with Crippen LogP contribution in [-0.4, -0.2) is 17.6 Å². The molecule has 1 fully saturated rings. The molecular weight excluding hydrogens is 186 g/mol. The maximum atomic E-state index is 8.64. The molecule has 1 aliphatic carbocycles. The van der Waals surface area contributed by atoms with Gasteiger partial charge in [-0.3, -0.25) is 0 Å². The highest BCUT2D eigenvalue weighted by molar-refractivity contribution is 5.48. The average molecular weight is 201 g/mol. The van der Waals surface area contributed by atoms with Crippen molar-refractivity contribution in [2.24, 2.45) is 0 Å². The molecule has 1 heterocycles. The first-order chi connectivity index (χ1) is 7.33. The summed E-state index contributed by atoms with van der Waals surface area (Å²) in [4.78, 5) is 6.69. The van der Waals surface area contributed by atoms with E-state index in [4.69, 9.17) is 5.26 Å². The molecule has 0 saturated heterocycles. The third kappa shape index (κ3) is 2.27. The number of hydrogen-bond donors (Lipinski definition) is 0. The number of hydrogen-bond acceptors (Lipinski definition) is 3. The maximum absolute atomic E-state index is 8.64. The molecule has 2 rings (SSSR count). The fourth-order valence-corrected chi connectivity index (χ4v) is 1.80. The van der Waals surface area contributed by atoms with Crippen molar-refractivity contribution in [1.29, 1.82) is 5.26 Å². The van der Waals surface area contributed by atoms with Crippen LogP contribution in [0.1, 0.15) is 24.8 Å². The van der Waals surface area contributed by atoms with E-state index in [0.29, 0.717) is 12.5 Å². The normalized spacial score (nSPS) is 14.7. The Bertz CT molecular complexity index is 377. The van der Waals surface area contributed by atoms with Crippen molar-refractivity contribution in [2.45, 2.75) is 32.2 Å². The van der Waals surface area contributed by atoms with E-state index in [0.717, 1.165) is 12.4 Å². The molecule has 1 saturated carbocycles. The summed E-state index contributed by atoms with van der Waals surface area (Å²) in [6.45, 7) is 2.88. The molecule has 0 bridgehead atoms. The Morgan fingerprint density at radius 3 is 3.00 bits per heavy atom. The second kappa shape index (κ2) is 4.31. The third-order valence-corrected chi connectivity index (χ3v) is 2.71. The van der Waals surface area contributed by atoms with Crippen molar-refractivity contribution in [3.63, 3.8) is 0 Å². The summed E-state index contributed by atoms with van der Waals surface area (Å²) in [7, 11) is 0. The van der Waals surface area contributed by atoms with Crippen LogP contribution in [0.2, 0.25) is 0 Å². The van der Waals surface area contributed by atoms with Crippen LogP contribution in [0.15, 0.2) is 18.3 Å². The molecule has 3 nitrogen and oxygen atoms in total. The number of aromatic nitrogens is 1.